The molecule has 0 fully saturated rings. The molecule has 0 aliphatic carbocycles. The Hall–Kier alpha value is -1.72. The first-order valence-electron chi connectivity index (χ1n) is 10.2. The van der Waals surface area contributed by atoms with Crippen LogP contribution < -0.4 is 14.8 Å². The van der Waals surface area contributed by atoms with Crippen LogP contribution in [-0.2, 0) is 19.6 Å². The molecule has 3 aromatic rings. The fourth-order valence-corrected chi connectivity index (χ4v) is 4.36. The Labute approximate surface area is 202 Å². The number of ether oxygens (including phenoxy) is 2. The second-order valence-corrected chi connectivity index (χ2v) is 9.07. The predicted molar refractivity (Wildman–Crippen MR) is 133 cm³/mol. The number of hydrogen-bond donors (Lipinski definition) is 1. The van der Waals surface area contributed by atoms with Crippen molar-refractivity contribution in [3.63, 3.8) is 0 Å². The van der Waals surface area contributed by atoms with E-state index in [1.807, 2.05) is 24.3 Å². The van der Waals surface area contributed by atoms with Crippen molar-refractivity contribution in [2.24, 2.45) is 0 Å². The van der Waals surface area contributed by atoms with E-state index in [9.17, 15) is 0 Å². The lowest BCUT2D eigenvalue weighted by Crippen LogP contribution is -2.26. The molecule has 0 bridgehead atoms. The molecule has 1 N–H and O–H groups in total. The summed E-state index contributed by atoms with van der Waals surface area (Å²) in [6.07, 6.45) is 2.13. The van der Waals surface area contributed by atoms with Crippen molar-refractivity contribution in [1.29, 1.82) is 0 Å². The molecule has 0 aromatic heterocycles. The van der Waals surface area contributed by atoms with E-state index in [2.05, 4.69) is 52.4 Å². The summed E-state index contributed by atoms with van der Waals surface area (Å²) in [4.78, 5) is 0. The van der Waals surface area contributed by atoms with Crippen LogP contribution in [0.2, 0.25) is 10.0 Å². The van der Waals surface area contributed by atoms with Crippen LogP contribution in [0.4, 0.5) is 0 Å². The lowest BCUT2D eigenvalue weighted by Gasteiger charge is -2.17. The largest absolute Gasteiger partial charge is 0.493 e. The Balaban J connectivity index is 1.61. The predicted octanol–water partition coefficient (Wildman–Crippen LogP) is 7.45. The number of methoxy groups -OCH3 is 1. The van der Waals surface area contributed by atoms with Crippen LogP contribution >= 0.6 is 39.1 Å². The second-order valence-electron chi connectivity index (χ2n) is 7.40. The van der Waals surface area contributed by atoms with Crippen LogP contribution in [0.1, 0.15) is 30.0 Å². The Kier molecular flexibility index (Phi) is 9.09. The van der Waals surface area contributed by atoms with Gasteiger partial charge in [0, 0.05) is 28.2 Å². The fourth-order valence-electron chi connectivity index (χ4n) is 3.25. The number of nitrogens with one attached hydrogen (secondary N) is 1. The van der Waals surface area contributed by atoms with Crippen LogP contribution in [0.5, 0.6) is 11.5 Å². The lowest BCUT2D eigenvalue weighted by atomic mass is 10.1. The highest BCUT2D eigenvalue weighted by atomic mass is 79.9. The zero-order valence-corrected chi connectivity index (χ0v) is 20.7. The van der Waals surface area contributed by atoms with E-state index < -0.39 is 0 Å². The topological polar surface area (TPSA) is 30.5 Å². The molecule has 3 nitrogen and oxygen atoms in total. The van der Waals surface area contributed by atoms with Gasteiger partial charge >= 0.3 is 0 Å². The highest BCUT2D eigenvalue weighted by Crippen LogP contribution is 2.38. The Bertz CT molecular complexity index is 978. The number of benzene rings is 3. The molecule has 0 heterocycles. The normalized spacial score (nSPS) is 11.9. The molecule has 3 rings (SSSR count). The van der Waals surface area contributed by atoms with Gasteiger partial charge in [0.2, 0.25) is 0 Å². The Morgan fingerprint density at radius 3 is 2.35 bits per heavy atom. The van der Waals surface area contributed by atoms with Crippen LogP contribution in [0.25, 0.3) is 0 Å². The maximum absolute atomic E-state index is 6.25. The zero-order chi connectivity index (χ0) is 22.2. The minimum absolute atomic E-state index is 0.252. The maximum Gasteiger partial charge on any atom is 0.175 e. The van der Waals surface area contributed by atoms with Crippen molar-refractivity contribution in [3.8, 4) is 11.5 Å². The third-order valence-corrected chi connectivity index (χ3v) is 6.37. The number of aryl methyl sites for hydroxylation is 1. The van der Waals surface area contributed by atoms with E-state index in [0.717, 1.165) is 35.0 Å². The van der Waals surface area contributed by atoms with Gasteiger partial charge in [-0.1, -0.05) is 59.6 Å². The molecule has 0 amide bonds. The van der Waals surface area contributed by atoms with Gasteiger partial charge in [0.1, 0.15) is 6.61 Å². The number of halogens is 3. The minimum atomic E-state index is 0.252. The summed E-state index contributed by atoms with van der Waals surface area (Å²) >= 11 is 16.1. The first-order valence-corrected chi connectivity index (χ1v) is 11.7. The van der Waals surface area contributed by atoms with Crippen molar-refractivity contribution in [2.45, 2.75) is 39.0 Å². The van der Waals surface area contributed by atoms with Gasteiger partial charge in [0.25, 0.3) is 0 Å². The van der Waals surface area contributed by atoms with Crippen molar-refractivity contribution < 1.29 is 9.47 Å². The van der Waals surface area contributed by atoms with Gasteiger partial charge in [-0.25, -0.2) is 0 Å². The maximum atomic E-state index is 6.25. The summed E-state index contributed by atoms with van der Waals surface area (Å²) < 4.78 is 12.4. The monoisotopic (exact) mass is 521 g/mol. The van der Waals surface area contributed by atoms with E-state index in [1.54, 1.807) is 19.2 Å². The van der Waals surface area contributed by atoms with E-state index in [1.165, 1.54) is 5.56 Å². The SMILES string of the molecule is COc1cc(CNC(C)CCc2ccccc2)cc(Br)c1OCc1c(Cl)cccc1Cl. The van der Waals surface area contributed by atoms with Gasteiger partial charge in [0.05, 0.1) is 11.6 Å². The average molecular weight is 523 g/mol. The van der Waals surface area contributed by atoms with Crippen molar-refractivity contribution in [2.75, 3.05) is 7.11 Å². The van der Waals surface area contributed by atoms with Crippen molar-refractivity contribution in [3.05, 3.63) is 91.9 Å². The molecular weight excluding hydrogens is 497 g/mol. The molecule has 0 spiro atoms. The molecule has 0 aliphatic heterocycles. The fraction of sp³-hybridized carbons (Fsp3) is 0.280. The third kappa shape index (κ3) is 6.88. The smallest absolute Gasteiger partial charge is 0.175 e. The Morgan fingerprint density at radius 2 is 1.68 bits per heavy atom. The van der Waals surface area contributed by atoms with Gasteiger partial charge in [0.15, 0.2) is 11.5 Å². The molecule has 0 saturated heterocycles. The highest BCUT2D eigenvalue weighted by molar-refractivity contribution is 9.10. The van der Waals surface area contributed by atoms with Crippen molar-refractivity contribution in [1.82, 2.24) is 5.32 Å². The van der Waals surface area contributed by atoms with E-state index in [4.69, 9.17) is 32.7 Å². The third-order valence-electron chi connectivity index (χ3n) is 5.08. The Morgan fingerprint density at radius 1 is 0.968 bits per heavy atom. The molecule has 1 atom stereocenters. The molecule has 3 aromatic carbocycles. The summed E-state index contributed by atoms with van der Waals surface area (Å²) in [6.45, 7) is 3.20. The number of hydrogen-bond acceptors (Lipinski definition) is 3. The zero-order valence-electron chi connectivity index (χ0n) is 17.6. The lowest BCUT2D eigenvalue weighted by molar-refractivity contribution is 0.282. The van der Waals surface area contributed by atoms with Crippen LogP contribution in [0, 0.1) is 0 Å². The van der Waals surface area contributed by atoms with E-state index >= 15 is 0 Å². The van der Waals surface area contributed by atoms with Gasteiger partial charge in [-0.3, -0.25) is 0 Å². The summed E-state index contributed by atoms with van der Waals surface area (Å²) in [5.74, 6) is 1.28. The molecule has 6 heteroatoms. The molecule has 31 heavy (non-hydrogen) atoms. The van der Waals surface area contributed by atoms with Gasteiger partial charge < -0.3 is 14.8 Å². The summed E-state index contributed by atoms with van der Waals surface area (Å²) in [5, 5.41) is 4.74. The highest BCUT2D eigenvalue weighted by Gasteiger charge is 2.14. The second kappa shape index (κ2) is 11.8. The summed E-state index contributed by atoms with van der Waals surface area (Å²) in [6, 6.07) is 20.4. The van der Waals surface area contributed by atoms with Gasteiger partial charge in [-0.15, -0.1) is 0 Å². The van der Waals surface area contributed by atoms with Gasteiger partial charge in [-0.05, 0) is 71.1 Å². The first-order chi connectivity index (χ1) is 15.0. The summed E-state index contributed by atoms with van der Waals surface area (Å²) in [5.41, 5.74) is 3.22. The van der Waals surface area contributed by atoms with Crippen molar-refractivity contribution >= 4 is 39.1 Å². The van der Waals surface area contributed by atoms with Crippen LogP contribution in [0.3, 0.4) is 0 Å². The van der Waals surface area contributed by atoms with E-state index in [-0.39, 0.29) is 6.61 Å². The average Bonchev–Trinajstić information content (AvgIpc) is 2.77. The van der Waals surface area contributed by atoms with Crippen LogP contribution in [-0.4, -0.2) is 13.2 Å². The molecular formula is C25H26BrCl2NO2. The summed E-state index contributed by atoms with van der Waals surface area (Å²) in [7, 11) is 1.64. The molecule has 0 saturated carbocycles. The quantitative estimate of drug-likeness (QED) is 0.300. The van der Waals surface area contributed by atoms with E-state index in [0.29, 0.717) is 27.6 Å². The first kappa shape index (κ1) is 23.9. The van der Waals surface area contributed by atoms with Crippen LogP contribution in [0.15, 0.2) is 65.1 Å². The molecule has 1 unspecified atom stereocenters. The minimum Gasteiger partial charge on any atom is -0.493 e. The molecule has 164 valence electrons. The standard InChI is InChI=1S/C25H26BrCl2NO2/c1-17(11-12-18-7-4-3-5-8-18)29-15-19-13-21(26)25(24(14-19)30-2)31-16-20-22(27)9-6-10-23(20)28/h3-10,13-14,17,29H,11-12,15-16H2,1-2H3. The molecule has 0 aliphatic rings. The molecule has 0 radical (unpaired) electrons. The van der Waals surface area contributed by atoms with Gasteiger partial charge in [-0.2, -0.15) is 0 Å². The number of rotatable bonds is 10.